The van der Waals surface area contributed by atoms with Crippen molar-refractivity contribution in [2.45, 2.75) is 25.3 Å². The molecule has 1 fully saturated rings. The van der Waals surface area contributed by atoms with Gasteiger partial charge < -0.3 is 11.1 Å². The molecule has 0 heterocycles. The molecule has 0 aromatic heterocycles. The molecule has 1 aromatic carbocycles. The van der Waals surface area contributed by atoms with Crippen LogP contribution in [0.25, 0.3) is 0 Å². The molecule has 1 saturated carbocycles. The van der Waals surface area contributed by atoms with Gasteiger partial charge >= 0.3 is 0 Å². The van der Waals surface area contributed by atoms with Gasteiger partial charge in [-0.25, -0.2) is 8.78 Å². The molecule has 102 valence electrons. The molecule has 2 amide bonds. The van der Waals surface area contributed by atoms with Crippen LogP contribution in [0.1, 0.15) is 29.6 Å². The fraction of sp³-hybridized carbons (Fsp3) is 0.385. The normalized spacial score (nSPS) is 15.9. The third kappa shape index (κ3) is 3.27. The highest BCUT2D eigenvalue weighted by atomic mass is 19.2. The van der Waals surface area contributed by atoms with Gasteiger partial charge in [0.1, 0.15) is 6.04 Å². The SMILES string of the molecule is NC(=O)[C@H](CC1CC1)NC(=O)c1cccc(F)c1F. The molecule has 0 aliphatic heterocycles. The Hall–Kier alpha value is -1.98. The largest absolute Gasteiger partial charge is 0.368 e. The standard InChI is InChI=1S/C13H14F2N2O2/c14-9-3-1-2-8(11(9)15)13(19)17-10(12(16)18)6-7-4-5-7/h1-3,7,10H,4-6H2,(H2,16,18)(H,17,19)/t10-/m0/s1. The number of hydrogen-bond donors (Lipinski definition) is 2. The molecule has 3 N–H and O–H groups in total. The van der Waals surface area contributed by atoms with Gasteiger partial charge in [-0.1, -0.05) is 18.9 Å². The van der Waals surface area contributed by atoms with Crippen LogP contribution in [0.2, 0.25) is 0 Å². The highest BCUT2D eigenvalue weighted by Gasteiger charge is 2.30. The number of primary amides is 1. The summed E-state index contributed by atoms with van der Waals surface area (Å²) in [6, 6.07) is 2.46. The number of amides is 2. The molecule has 1 aliphatic carbocycles. The van der Waals surface area contributed by atoms with Crippen molar-refractivity contribution in [3.05, 3.63) is 35.4 Å². The van der Waals surface area contributed by atoms with Gasteiger partial charge in [0.25, 0.3) is 5.91 Å². The van der Waals surface area contributed by atoms with Crippen LogP contribution in [0.15, 0.2) is 18.2 Å². The summed E-state index contributed by atoms with van der Waals surface area (Å²) in [4.78, 5) is 23.0. The molecule has 0 radical (unpaired) electrons. The van der Waals surface area contributed by atoms with Crippen molar-refractivity contribution in [1.29, 1.82) is 0 Å². The second-order valence-electron chi connectivity index (χ2n) is 4.71. The molecule has 0 spiro atoms. The average Bonchev–Trinajstić information content (AvgIpc) is 3.15. The van der Waals surface area contributed by atoms with E-state index in [9.17, 15) is 18.4 Å². The van der Waals surface area contributed by atoms with Crippen LogP contribution in [0, 0.1) is 17.6 Å². The molecular formula is C13H14F2N2O2. The van der Waals surface area contributed by atoms with Crippen molar-refractivity contribution < 1.29 is 18.4 Å². The Labute approximate surface area is 109 Å². The molecule has 19 heavy (non-hydrogen) atoms. The first-order valence-corrected chi connectivity index (χ1v) is 6.03. The van der Waals surface area contributed by atoms with Gasteiger partial charge in [-0.3, -0.25) is 9.59 Å². The van der Waals surface area contributed by atoms with Crippen molar-refractivity contribution in [1.82, 2.24) is 5.32 Å². The first-order valence-electron chi connectivity index (χ1n) is 6.03. The Morgan fingerprint density at radius 1 is 1.37 bits per heavy atom. The minimum absolute atomic E-state index is 0.371. The number of halogens is 2. The molecule has 1 aromatic rings. The van der Waals surface area contributed by atoms with Gasteiger partial charge in [0.05, 0.1) is 5.56 Å². The van der Waals surface area contributed by atoms with E-state index in [1.54, 1.807) is 0 Å². The molecular weight excluding hydrogens is 254 g/mol. The Morgan fingerprint density at radius 3 is 2.63 bits per heavy atom. The Bertz CT molecular complexity index is 515. The Kier molecular flexibility index (Phi) is 3.78. The minimum Gasteiger partial charge on any atom is -0.368 e. The lowest BCUT2D eigenvalue weighted by Gasteiger charge is -2.15. The molecule has 1 atom stereocenters. The maximum atomic E-state index is 13.4. The van der Waals surface area contributed by atoms with Crippen LogP contribution >= 0.6 is 0 Å². The van der Waals surface area contributed by atoms with E-state index in [1.807, 2.05) is 0 Å². The van der Waals surface area contributed by atoms with Gasteiger partial charge in [-0.05, 0) is 24.5 Å². The van der Waals surface area contributed by atoms with Crippen LogP contribution in [-0.4, -0.2) is 17.9 Å². The third-order valence-electron chi connectivity index (χ3n) is 3.11. The number of nitrogens with two attached hydrogens (primary N) is 1. The predicted octanol–water partition coefficient (Wildman–Crippen LogP) is 1.35. The lowest BCUT2D eigenvalue weighted by Crippen LogP contribution is -2.45. The number of nitrogens with one attached hydrogen (secondary N) is 1. The quantitative estimate of drug-likeness (QED) is 0.846. The lowest BCUT2D eigenvalue weighted by molar-refractivity contribution is -0.120. The molecule has 2 rings (SSSR count). The van der Waals surface area contributed by atoms with Gasteiger partial charge in [0.2, 0.25) is 5.91 Å². The zero-order chi connectivity index (χ0) is 14.0. The zero-order valence-corrected chi connectivity index (χ0v) is 10.2. The molecule has 1 aliphatic rings. The molecule has 0 bridgehead atoms. The second kappa shape index (κ2) is 5.34. The van der Waals surface area contributed by atoms with E-state index in [4.69, 9.17) is 5.73 Å². The summed E-state index contributed by atoms with van der Waals surface area (Å²) in [5.74, 6) is -3.46. The van der Waals surface area contributed by atoms with E-state index in [0.717, 1.165) is 25.0 Å². The van der Waals surface area contributed by atoms with Crippen LogP contribution in [0.4, 0.5) is 8.78 Å². The van der Waals surface area contributed by atoms with E-state index in [-0.39, 0.29) is 0 Å². The number of rotatable bonds is 5. The summed E-state index contributed by atoms with van der Waals surface area (Å²) in [7, 11) is 0. The number of hydrogen-bond acceptors (Lipinski definition) is 2. The van der Waals surface area contributed by atoms with Gasteiger partial charge in [-0.2, -0.15) is 0 Å². The maximum absolute atomic E-state index is 13.4. The van der Waals surface area contributed by atoms with Crippen molar-refractivity contribution in [3.8, 4) is 0 Å². The number of carbonyl (C=O) groups is 2. The highest BCUT2D eigenvalue weighted by Crippen LogP contribution is 2.33. The maximum Gasteiger partial charge on any atom is 0.255 e. The topological polar surface area (TPSA) is 72.2 Å². The third-order valence-corrected chi connectivity index (χ3v) is 3.11. The first kappa shape index (κ1) is 13.5. The smallest absolute Gasteiger partial charge is 0.255 e. The van der Waals surface area contributed by atoms with Gasteiger partial charge in [-0.15, -0.1) is 0 Å². The summed E-state index contributed by atoms with van der Waals surface area (Å²) >= 11 is 0. The highest BCUT2D eigenvalue weighted by molar-refractivity contribution is 5.97. The van der Waals surface area contributed by atoms with Gasteiger partial charge in [0, 0.05) is 0 Å². The fourth-order valence-electron chi connectivity index (χ4n) is 1.85. The Morgan fingerprint density at radius 2 is 2.05 bits per heavy atom. The van der Waals surface area contributed by atoms with E-state index < -0.39 is 35.1 Å². The van der Waals surface area contributed by atoms with E-state index in [0.29, 0.717) is 12.3 Å². The van der Waals surface area contributed by atoms with E-state index in [2.05, 4.69) is 5.32 Å². The fourth-order valence-corrected chi connectivity index (χ4v) is 1.85. The molecule has 4 nitrogen and oxygen atoms in total. The summed E-state index contributed by atoms with van der Waals surface area (Å²) in [6.45, 7) is 0. The molecule has 6 heteroatoms. The second-order valence-corrected chi connectivity index (χ2v) is 4.71. The van der Waals surface area contributed by atoms with Crippen molar-refractivity contribution in [2.24, 2.45) is 11.7 Å². The van der Waals surface area contributed by atoms with Crippen molar-refractivity contribution in [3.63, 3.8) is 0 Å². The first-order chi connectivity index (χ1) is 8.99. The summed E-state index contributed by atoms with van der Waals surface area (Å²) in [5, 5.41) is 2.35. The lowest BCUT2D eigenvalue weighted by atomic mass is 10.1. The number of carbonyl (C=O) groups excluding carboxylic acids is 2. The predicted molar refractivity (Wildman–Crippen MR) is 64.1 cm³/mol. The van der Waals surface area contributed by atoms with Crippen LogP contribution in [-0.2, 0) is 4.79 Å². The van der Waals surface area contributed by atoms with Gasteiger partial charge in [0.15, 0.2) is 11.6 Å². The summed E-state index contributed by atoms with van der Waals surface area (Å²) in [6.07, 6.45) is 2.43. The van der Waals surface area contributed by atoms with Crippen molar-refractivity contribution >= 4 is 11.8 Å². The average molecular weight is 268 g/mol. The molecule has 0 unspecified atom stereocenters. The summed E-state index contributed by atoms with van der Waals surface area (Å²) in [5.41, 5.74) is 4.76. The van der Waals surface area contributed by atoms with E-state index >= 15 is 0 Å². The minimum atomic E-state index is -1.23. The summed E-state index contributed by atoms with van der Waals surface area (Å²) < 4.78 is 26.4. The number of benzene rings is 1. The van der Waals surface area contributed by atoms with Crippen LogP contribution in [0.5, 0.6) is 0 Å². The Balaban J connectivity index is 2.09. The monoisotopic (exact) mass is 268 g/mol. The van der Waals surface area contributed by atoms with Crippen molar-refractivity contribution in [2.75, 3.05) is 0 Å². The van der Waals surface area contributed by atoms with Crippen LogP contribution in [0.3, 0.4) is 0 Å². The van der Waals surface area contributed by atoms with Crippen LogP contribution < -0.4 is 11.1 Å². The van der Waals surface area contributed by atoms with E-state index in [1.165, 1.54) is 6.07 Å². The zero-order valence-electron chi connectivity index (χ0n) is 10.2. The molecule has 0 saturated heterocycles.